The van der Waals surface area contributed by atoms with E-state index >= 15 is 0 Å². The highest BCUT2D eigenvalue weighted by Crippen LogP contribution is 2.20. The van der Waals surface area contributed by atoms with Crippen molar-refractivity contribution in [3.8, 4) is 11.4 Å². The Hall–Kier alpha value is -2.45. The number of aromatic nitrogens is 4. The van der Waals surface area contributed by atoms with Crippen LogP contribution in [0, 0.1) is 0 Å². The smallest absolute Gasteiger partial charge is 0.244 e. The Labute approximate surface area is 124 Å². The molecule has 2 aromatic heterocycles. The topological polar surface area (TPSA) is 98.2 Å². The number of nitrogens with one attached hydrogen (secondary N) is 1. The molecule has 3 rings (SSSR count). The molecule has 0 aliphatic rings. The number of hydrazine groups is 1. The molecule has 0 fully saturated rings. The standard InChI is InChI=1S/C13H12N6OS/c14-15-11(20)8-21-12-7-6-10-16-17-13(19(10)18-12)9-4-2-1-3-5-9/h1-7H,8,14H2,(H,15,20). The minimum absolute atomic E-state index is 0.206. The van der Waals surface area contributed by atoms with Gasteiger partial charge in [-0.15, -0.1) is 10.2 Å². The van der Waals surface area contributed by atoms with E-state index in [9.17, 15) is 4.79 Å². The van der Waals surface area contributed by atoms with Gasteiger partial charge in [-0.25, -0.2) is 5.84 Å². The highest BCUT2D eigenvalue weighted by atomic mass is 32.2. The molecule has 0 saturated carbocycles. The van der Waals surface area contributed by atoms with Crippen LogP contribution in [0.3, 0.4) is 0 Å². The van der Waals surface area contributed by atoms with Crippen molar-refractivity contribution in [1.29, 1.82) is 0 Å². The van der Waals surface area contributed by atoms with Gasteiger partial charge in [0.05, 0.1) is 5.75 Å². The fourth-order valence-electron chi connectivity index (χ4n) is 1.80. The number of rotatable bonds is 4. The van der Waals surface area contributed by atoms with Crippen LogP contribution in [0.2, 0.25) is 0 Å². The third kappa shape index (κ3) is 2.86. The van der Waals surface area contributed by atoms with Crippen LogP contribution in [0.25, 0.3) is 17.0 Å². The Morgan fingerprint density at radius 1 is 1.19 bits per heavy atom. The van der Waals surface area contributed by atoms with Gasteiger partial charge >= 0.3 is 0 Å². The highest BCUT2D eigenvalue weighted by Gasteiger charge is 2.10. The van der Waals surface area contributed by atoms with Gasteiger partial charge in [-0.3, -0.25) is 10.2 Å². The number of fused-ring (bicyclic) bond motifs is 1. The van der Waals surface area contributed by atoms with Crippen molar-refractivity contribution in [3.05, 3.63) is 42.5 Å². The molecule has 8 heteroatoms. The molecule has 0 unspecified atom stereocenters. The summed E-state index contributed by atoms with van der Waals surface area (Å²) in [5.41, 5.74) is 3.67. The van der Waals surface area contributed by atoms with Crippen molar-refractivity contribution < 1.29 is 4.79 Å². The van der Waals surface area contributed by atoms with Gasteiger partial charge in [0.2, 0.25) is 5.91 Å². The second-order valence-electron chi connectivity index (χ2n) is 4.19. The van der Waals surface area contributed by atoms with Crippen molar-refractivity contribution in [3.63, 3.8) is 0 Å². The molecule has 7 nitrogen and oxygen atoms in total. The fourth-order valence-corrected chi connectivity index (χ4v) is 2.46. The first-order chi connectivity index (χ1) is 10.3. The maximum Gasteiger partial charge on any atom is 0.244 e. The average molecular weight is 300 g/mol. The van der Waals surface area contributed by atoms with Crippen molar-refractivity contribution in [2.75, 3.05) is 5.75 Å². The Balaban J connectivity index is 1.95. The number of carbonyl (C=O) groups is 1. The Kier molecular flexibility index (Phi) is 3.80. The number of thioether (sulfide) groups is 1. The van der Waals surface area contributed by atoms with E-state index < -0.39 is 0 Å². The molecular formula is C13H12N6OS. The number of amides is 1. The molecule has 1 aromatic carbocycles. The van der Waals surface area contributed by atoms with Crippen molar-refractivity contribution >= 4 is 23.3 Å². The molecule has 106 valence electrons. The minimum Gasteiger partial charge on any atom is -0.294 e. The second kappa shape index (κ2) is 5.90. The van der Waals surface area contributed by atoms with E-state index in [0.717, 1.165) is 5.56 Å². The first-order valence-corrected chi connectivity index (χ1v) is 7.16. The molecule has 3 N–H and O–H groups in total. The van der Waals surface area contributed by atoms with Crippen molar-refractivity contribution in [2.45, 2.75) is 5.03 Å². The van der Waals surface area contributed by atoms with Crippen LogP contribution >= 0.6 is 11.8 Å². The Morgan fingerprint density at radius 3 is 2.76 bits per heavy atom. The maximum absolute atomic E-state index is 11.2. The predicted octanol–water partition coefficient (Wildman–Crippen LogP) is 0.873. The lowest BCUT2D eigenvalue weighted by molar-refractivity contribution is -0.118. The summed E-state index contributed by atoms with van der Waals surface area (Å²) in [5.74, 6) is 5.67. The predicted molar refractivity (Wildman–Crippen MR) is 79.3 cm³/mol. The summed E-state index contributed by atoms with van der Waals surface area (Å²) in [6.45, 7) is 0. The molecule has 0 aliphatic heterocycles. The van der Waals surface area contributed by atoms with E-state index in [1.165, 1.54) is 11.8 Å². The van der Waals surface area contributed by atoms with Gasteiger partial charge in [0.15, 0.2) is 11.5 Å². The minimum atomic E-state index is -0.256. The van der Waals surface area contributed by atoms with Gasteiger partial charge < -0.3 is 0 Å². The summed E-state index contributed by atoms with van der Waals surface area (Å²) in [7, 11) is 0. The van der Waals surface area contributed by atoms with Crippen LogP contribution in [0.4, 0.5) is 0 Å². The third-order valence-corrected chi connectivity index (χ3v) is 3.70. The fraction of sp³-hybridized carbons (Fsp3) is 0.0769. The van der Waals surface area contributed by atoms with E-state index in [1.807, 2.05) is 36.4 Å². The van der Waals surface area contributed by atoms with E-state index in [1.54, 1.807) is 10.6 Å². The zero-order chi connectivity index (χ0) is 14.7. The van der Waals surface area contributed by atoms with Crippen LogP contribution in [0.15, 0.2) is 47.5 Å². The van der Waals surface area contributed by atoms with Gasteiger partial charge in [-0.1, -0.05) is 42.1 Å². The molecule has 1 amide bonds. The van der Waals surface area contributed by atoms with Crippen LogP contribution in [0.5, 0.6) is 0 Å². The lowest BCUT2D eigenvalue weighted by atomic mass is 10.2. The first kappa shape index (κ1) is 13.5. The van der Waals surface area contributed by atoms with Crippen LogP contribution in [-0.2, 0) is 4.79 Å². The maximum atomic E-state index is 11.2. The van der Waals surface area contributed by atoms with E-state index in [0.29, 0.717) is 16.5 Å². The van der Waals surface area contributed by atoms with E-state index in [-0.39, 0.29) is 11.7 Å². The van der Waals surface area contributed by atoms with Gasteiger partial charge in [0, 0.05) is 5.56 Å². The summed E-state index contributed by atoms with van der Waals surface area (Å²) in [5, 5.41) is 13.4. The van der Waals surface area contributed by atoms with Crippen LogP contribution in [0.1, 0.15) is 0 Å². The zero-order valence-electron chi connectivity index (χ0n) is 10.9. The molecule has 0 saturated heterocycles. The SMILES string of the molecule is NNC(=O)CSc1ccc2nnc(-c3ccccc3)n2n1. The quantitative estimate of drug-likeness (QED) is 0.321. The number of nitrogens with zero attached hydrogens (tertiary/aromatic N) is 4. The largest absolute Gasteiger partial charge is 0.294 e. The second-order valence-corrected chi connectivity index (χ2v) is 5.18. The molecule has 0 atom stereocenters. The number of hydrogen-bond donors (Lipinski definition) is 2. The highest BCUT2D eigenvalue weighted by molar-refractivity contribution is 7.99. The number of nitrogens with two attached hydrogens (primary N) is 1. The zero-order valence-corrected chi connectivity index (χ0v) is 11.7. The first-order valence-electron chi connectivity index (χ1n) is 6.18. The normalized spacial score (nSPS) is 10.7. The van der Waals surface area contributed by atoms with E-state index in [4.69, 9.17) is 5.84 Å². The summed E-state index contributed by atoms with van der Waals surface area (Å²) in [6.07, 6.45) is 0. The van der Waals surface area contributed by atoms with Gasteiger partial charge in [-0.2, -0.15) is 9.61 Å². The average Bonchev–Trinajstić information content (AvgIpc) is 2.96. The van der Waals surface area contributed by atoms with Gasteiger partial charge in [-0.05, 0) is 12.1 Å². The summed E-state index contributed by atoms with van der Waals surface area (Å²) in [6, 6.07) is 13.3. The Morgan fingerprint density at radius 2 is 2.00 bits per heavy atom. The number of hydrogen-bond acceptors (Lipinski definition) is 6. The monoisotopic (exact) mass is 300 g/mol. The summed E-state index contributed by atoms with van der Waals surface area (Å²) in [4.78, 5) is 11.2. The molecule has 0 radical (unpaired) electrons. The van der Waals surface area contributed by atoms with Gasteiger partial charge in [0.1, 0.15) is 5.03 Å². The molecule has 2 heterocycles. The lowest BCUT2D eigenvalue weighted by Gasteiger charge is -2.02. The Bertz CT molecular complexity index is 773. The molecule has 21 heavy (non-hydrogen) atoms. The van der Waals surface area contributed by atoms with Crippen molar-refractivity contribution in [1.82, 2.24) is 25.2 Å². The molecule has 3 aromatic rings. The van der Waals surface area contributed by atoms with Gasteiger partial charge in [0.25, 0.3) is 0 Å². The third-order valence-electron chi connectivity index (χ3n) is 2.78. The summed E-state index contributed by atoms with van der Waals surface area (Å²) >= 11 is 1.30. The summed E-state index contributed by atoms with van der Waals surface area (Å²) < 4.78 is 1.66. The van der Waals surface area contributed by atoms with Crippen LogP contribution < -0.4 is 11.3 Å². The molecular weight excluding hydrogens is 288 g/mol. The lowest BCUT2D eigenvalue weighted by Crippen LogP contribution is -2.31. The molecule has 0 spiro atoms. The van der Waals surface area contributed by atoms with Crippen LogP contribution in [-0.4, -0.2) is 31.5 Å². The van der Waals surface area contributed by atoms with E-state index in [2.05, 4.69) is 20.7 Å². The molecule has 0 aliphatic carbocycles. The van der Waals surface area contributed by atoms with Crippen molar-refractivity contribution in [2.24, 2.45) is 5.84 Å². The number of carbonyl (C=O) groups excluding carboxylic acids is 1. The molecule has 0 bridgehead atoms. The number of benzene rings is 1.